The summed E-state index contributed by atoms with van der Waals surface area (Å²) in [6.45, 7) is -0.0433. The molecule has 2 rings (SSSR count). The van der Waals surface area contributed by atoms with Crippen molar-refractivity contribution in [2.24, 2.45) is 0 Å². The molecule has 0 fully saturated rings. The smallest absolute Gasteiger partial charge is 0.324 e. The fourth-order valence-electron chi connectivity index (χ4n) is 1.68. The molecule has 1 atom stereocenters. The third kappa shape index (κ3) is 4.63. The molecule has 0 aliphatic heterocycles. The summed E-state index contributed by atoms with van der Waals surface area (Å²) in [4.78, 5) is 11.2. The van der Waals surface area contributed by atoms with E-state index in [0.717, 1.165) is 5.56 Å². The first kappa shape index (κ1) is 16.6. The van der Waals surface area contributed by atoms with Crippen LogP contribution in [0.1, 0.15) is 5.56 Å². The predicted octanol–water partition coefficient (Wildman–Crippen LogP) is 1.70. The van der Waals surface area contributed by atoms with Crippen molar-refractivity contribution < 1.29 is 23.1 Å². The van der Waals surface area contributed by atoms with Gasteiger partial charge in [0.25, 0.3) is 0 Å². The normalized spacial score (nSPS) is 12.9. The third-order valence-corrected chi connectivity index (χ3v) is 5.10. The van der Waals surface area contributed by atoms with E-state index < -0.39 is 22.0 Å². The zero-order chi connectivity index (χ0) is 16.0. The van der Waals surface area contributed by atoms with Crippen LogP contribution in [-0.2, 0) is 26.2 Å². The van der Waals surface area contributed by atoms with E-state index in [1.807, 2.05) is 30.3 Å². The molecule has 0 saturated carbocycles. The van der Waals surface area contributed by atoms with Crippen molar-refractivity contribution in [3.05, 3.63) is 52.7 Å². The monoisotopic (exact) mass is 341 g/mol. The molecule has 0 bridgehead atoms. The Hall–Kier alpha value is -1.74. The van der Waals surface area contributed by atoms with Gasteiger partial charge < -0.3 is 9.84 Å². The van der Waals surface area contributed by atoms with Gasteiger partial charge in [-0.3, -0.25) is 4.79 Å². The van der Waals surface area contributed by atoms with Gasteiger partial charge >= 0.3 is 5.97 Å². The van der Waals surface area contributed by atoms with Crippen molar-refractivity contribution in [2.45, 2.75) is 17.5 Å². The molecule has 0 radical (unpaired) electrons. The maximum absolute atomic E-state index is 12.0. The lowest BCUT2D eigenvalue weighted by atomic mass is 10.2. The molecular weight excluding hydrogens is 326 g/mol. The molecule has 2 N–H and O–H groups in total. The Morgan fingerprint density at radius 2 is 2.00 bits per heavy atom. The molecule has 0 amide bonds. The summed E-state index contributed by atoms with van der Waals surface area (Å²) in [7, 11) is -3.86. The van der Waals surface area contributed by atoms with Gasteiger partial charge in [0, 0.05) is 5.38 Å². The lowest BCUT2D eigenvalue weighted by Crippen LogP contribution is -2.43. The van der Waals surface area contributed by atoms with Gasteiger partial charge in [-0.1, -0.05) is 30.3 Å². The van der Waals surface area contributed by atoms with Crippen LogP contribution < -0.4 is 4.72 Å². The van der Waals surface area contributed by atoms with Crippen LogP contribution in [0.2, 0.25) is 0 Å². The van der Waals surface area contributed by atoms with E-state index in [2.05, 4.69) is 4.72 Å². The van der Waals surface area contributed by atoms with Crippen molar-refractivity contribution in [3.63, 3.8) is 0 Å². The summed E-state index contributed by atoms with van der Waals surface area (Å²) >= 11 is 1.22. The fraction of sp³-hybridized carbons (Fsp3) is 0.214. The Bertz CT molecular complexity index is 698. The Morgan fingerprint density at radius 1 is 1.27 bits per heavy atom. The number of benzene rings is 1. The first-order valence-electron chi connectivity index (χ1n) is 6.38. The number of carbonyl (C=O) groups is 1. The van der Waals surface area contributed by atoms with Crippen LogP contribution in [0.15, 0.2) is 52.1 Å². The van der Waals surface area contributed by atoms with E-state index >= 15 is 0 Å². The van der Waals surface area contributed by atoms with Gasteiger partial charge in [-0.25, -0.2) is 8.42 Å². The van der Waals surface area contributed by atoms with Gasteiger partial charge in [0.15, 0.2) is 0 Å². The minimum absolute atomic E-state index is 0.0480. The first-order chi connectivity index (χ1) is 10.5. The minimum atomic E-state index is -3.86. The number of nitrogens with one attached hydrogen (secondary N) is 1. The van der Waals surface area contributed by atoms with Crippen molar-refractivity contribution in [1.82, 2.24) is 4.72 Å². The lowest BCUT2D eigenvalue weighted by molar-refractivity contribution is -0.140. The number of hydrogen-bond acceptors (Lipinski definition) is 5. The van der Waals surface area contributed by atoms with Crippen LogP contribution in [0.25, 0.3) is 0 Å². The molecule has 1 aromatic heterocycles. The highest BCUT2D eigenvalue weighted by Gasteiger charge is 2.25. The number of hydrogen-bond donors (Lipinski definition) is 2. The second kappa shape index (κ2) is 7.50. The van der Waals surface area contributed by atoms with E-state index in [4.69, 9.17) is 9.84 Å². The van der Waals surface area contributed by atoms with Gasteiger partial charge in [0.1, 0.15) is 6.04 Å². The lowest BCUT2D eigenvalue weighted by Gasteiger charge is -2.14. The van der Waals surface area contributed by atoms with Crippen molar-refractivity contribution in [3.8, 4) is 0 Å². The standard InChI is InChI=1S/C14H15NO5S2/c16-14(17)13(9-20-8-11-4-2-1-3-5-11)15-22(18,19)12-6-7-21-10-12/h1-7,10,13,15H,8-9H2,(H,16,17)/t13-/m0/s1. The molecule has 0 aliphatic rings. The number of carboxylic acid groups (broad SMARTS) is 1. The Kier molecular flexibility index (Phi) is 5.67. The zero-order valence-corrected chi connectivity index (χ0v) is 13.1. The van der Waals surface area contributed by atoms with Crippen LogP contribution in [-0.4, -0.2) is 32.1 Å². The van der Waals surface area contributed by atoms with E-state index in [9.17, 15) is 13.2 Å². The molecule has 118 valence electrons. The van der Waals surface area contributed by atoms with Crippen LogP contribution in [0, 0.1) is 0 Å². The minimum Gasteiger partial charge on any atom is -0.480 e. The second-order valence-corrected chi connectivity index (χ2v) is 6.97. The third-order valence-electron chi connectivity index (χ3n) is 2.80. The quantitative estimate of drug-likeness (QED) is 0.762. The first-order valence-corrected chi connectivity index (χ1v) is 8.80. The number of aliphatic carboxylic acids is 1. The Balaban J connectivity index is 1.94. The zero-order valence-electron chi connectivity index (χ0n) is 11.5. The number of ether oxygens (including phenoxy) is 1. The second-order valence-electron chi connectivity index (χ2n) is 4.47. The summed E-state index contributed by atoms with van der Waals surface area (Å²) in [5.41, 5.74) is 0.882. The van der Waals surface area contributed by atoms with Crippen molar-refractivity contribution in [1.29, 1.82) is 0 Å². The number of thiophene rings is 1. The maximum atomic E-state index is 12.0. The van der Waals surface area contributed by atoms with Gasteiger partial charge in [0.2, 0.25) is 10.0 Å². The maximum Gasteiger partial charge on any atom is 0.324 e. The van der Waals surface area contributed by atoms with E-state index in [0.29, 0.717) is 0 Å². The van der Waals surface area contributed by atoms with Crippen molar-refractivity contribution in [2.75, 3.05) is 6.61 Å². The van der Waals surface area contributed by atoms with Crippen LogP contribution in [0.3, 0.4) is 0 Å². The Morgan fingerprint density at radius 3 is 2.59 bits per heavy atom. The van der Waals surface area contributed by atoms with E-state index in [1.165, 1.54) is 22.8 Å². The predicted molar refractivity (Wildman–Crippen MR) is 82.2 cm³/mol. The van der Waals surface area contributed by atoms with Gasteiger partial charge in [-0.05, 0) is 17.0 Å². The van der Waals surface area contributed by atoms with Gasteiger partial charge in [-0.2, -0.15) is 16.1 Å². The summed E-state index contributed by atoms with van der Waals surface area (Å²) in [6.07, 6.45) is 0. The topological polar surface area (TPSA) is 92.7 Å². The highest BCUT2D eigenvalue weighted by molar-refractivity contribution is 7.89. The average molecular weight is 341 g/mol. The van der Waals surface area contributed by atoms with E-state index in [1.54, 1.807) is 5.38 Å². The average Bonchev–Trinajstić information content (AvgIpc) is 3.02. The molecule has 1 aromatic carbocycles. The summed E-state index contributed by atoms with van der Waals surface area (Å²) in [5, 5.41) is 12.2. The Labute approximate surface area is 132 Å². The molecule has 2 aromatic rings. The molecule has 0 spiro atoms. The van der Waals surface area contributed by atoms with Crippen LogP contribution in [0.5, 0.6) is 0 Å². The number of rotatable bonds is 8. The van der Waals surface area contributed by atoms with Gasteiger partial charge in [-0.15, -0.1) is 0 Å². The van der Waals surface area contributed by atoms with Crippen LogP contribution in [0.4, 0.5) is 0 Å². The van der Waals surface area contributed by atoms with Crippen LogP contribution >= 0.6 is 11.3 Å². The molecule has 0 saturated heterocycles. The van der Waals surface area contributed by atoms with Crippen molar-refractivity contribution >= 4 is 27.3 Å². The largest absolute Gasteiger partial charge is 0.480 e. The summed E-state index contributed by atoms with van der Waals surface area (Å²) < 4.78 is 31.5. The molecule has 0 aliphatic carbocycles. The summed E-state index contributed by atoms with van der Waals surface area (Å²) in [6, 6.07) is 9.29. The molecule has 1 heterocycles. The highest BCUT2D eigenvalue weighted by Crippen LogP contribution is 2.13. The van der Waals surface area contributed by atoms with E-state index in [-0.39, 0.29) is 18.1 Å². The molecule has 22 heavy (non-hydrogen) atoms. The number of carboxylic acids is 1. The number of sulfonamides is 1. The molecule has 0 unspecified atom stereocenters. The highest BCUT2D eigenvalue weighted by atomic mass is 32.2. The van der Waals surface area contributed by atoms with Gasteiger partial charge in [0.05, 0.1) is 18.1 Å². The molecule has 6 nitrogen and oxygen atoms in total. The fourth-order valence-corrected chi connectivity index (χ4v) is 3.89. The summed E-state index contributed by atoms with van der Waals surface area (Å²) in [5.74, 6) is -1.29. The molecule has 8 heteroatoms. The molecular formula is C14H15NO5S2. The SMILES string of the molecule is O=C(O)[C@H](COCc1ccccc1)NS(=O)(=O)c1ccsc1.